The lowest BCUT2D eigenvalue weighted by Crippen LogP contribution is -2.33. The first kappa shape index (κ1) is 20.3. The fraction of sp³-hybridized carbons (Fsp3) is 0.471. The molecule has 1 heterocycles. The smallest absolute Gasteiger partial charge is 0.342 e. The van der Waals surface area contributed by atoms with Gasteiger partial charge in [-0.1, -0.05) is 12.1 Å². The third-order valence-electron chi connectivity index (χ3n) is 4.27. The molecule has 1 aromatic carbocycles. The van der Waals surface area contributed by atoms with Gasteiger partial charge in [0.2, 0.25) is 5.91 Å². The van der Waals surface area contributed by atoms with Crippen LogP contribution in [0.4, 0.5) is 0 Å². The first-order valence-electron chi connectivity index (χ1n) is 8.30. The number of carbonyl (C=O) groups excluding carboxylic acids is 3. The van der Waals surface area contributed by atoms with Gasteiger partial charge in [-0.3, -0.25) is 23.8 Å². The molecule has 1 aromatic rings. The van der Waals surface area contributed by atoms with Gasteiger partial charge in [-0.05, 0) is 31.9 Å². The van der Waals surface area contributed by atoms with Gasteiger partial charge in [0.05, 0.1) is 11.1 Å². The molecule has 0 radical (unpaired) electrons. The molecule has 0 saturated carbocycles. The molecule has 0 bridgehead atoms. The molecule has 26 heavy (non-hydrogen) atoms. The molecule has 2 rings (SSSR count). The predicted octanol–water partition coefficient (Wildman–Crippen LogP) is 2.40. The second-order valence-corrected chi connectivity index (χ2v) is 8.50. The van der Waals surface area contributed by atoms with Gasteiger partial charge >= 0.3 is 7.60 Å². The summed E-state index contributed by atoms with van der Waals surface area (Å²) in [5, 5.41) is 2.58. The van der Waals surface area contributed by atoms with Crippen molar-refractivity contribution >= 4 is 25.3 Å². The van der Waals surface area contributed by atoms with E-state index in [1.165, 1.54) is 19.1 Å². The summed E-state index contributed by atoms with van der Waals surface area (Å²) in [6, 6.07) is 6.71. The molecule has 1 unspecified atom stereocenters. The Kier molecular flexibility index (Phi) is 6.69. The van der Waals surface area contributed by atoms with Crippen molar-refractivity contribution in [2.75, 3.05) is 20.8 Å². The third kappa shape index (κ3) is 4.20. The monoisotopic (exact) mass is 382 g/mol. The van der Waals surface area contributed by atoms with Crippen molar-refractivity contribution in [3.05, 3.63) is 35.4 Å². The van der Waals surface area contributed by atoms with Crippen molar-refractivity contribution in [3.8, 4) is 0 Å². The molecule has 8 nitrogen and oxygen atoms in total. The van der Waals surface area contributed by atoms with E-state index < -0.39 is 13.4 Å². The number of carbonyl (C=O) groups is 3. The highest BCUT2D eigenvalue weighted by Crippen LogP contribution is 2.50. The van der Waals surface area contributed by atoms with Crippen LogP contribution >= 0.6 is 7.60 Å². The van der Waals surface area contributed by atoms with E-state index in [0.29, 0.717) is 24.0 Å². The number of nitrogens with one attached hydrogen (secondary N) is 1. The van der Waals surface area contributed by atoms with Crippen LogP contribution in [-0.4, -0.2) is 49.2 Å². The van der Waals surface area contributed by atoms with E-state index in [9.17, 15) is 18.9 Å². The Labute approximate surface area is 152 Å². The zero-order valence-corrected chi connectivity index (χ0v) is 16.0. The highest BCUT2D eigenvalue weighted by atomic mass is 31.2. The van der Waals surface area contributed by atoms with Crippen molar-refractivity contribution in [1.82, 2.24) is 10.2 Å². The summed E-state index contributed by atoms with van der Waals surface area (Å²) in [5.74, 6) is -1.66. The lowest BCUT2D eigenvalue weighted by Gasteiger charge is -2.21. The van der Waals surface area contributed by atoms with Gasteiger partial charge in [-0.15, -0.1) is 0 Å². The highest BCUT2D eigenvalue weighted by molar-refractivity contribution is 7.54. The first-order chi connectivity index (χ1) is 12.3. The number of unbranched alkanes of at least 4 members (excludes halogenated alkanes) is 1. The van der Waals surface area contributed by atoms with Crippen LogP contribution in [0.5, 0.6) is 0 Å². The molecular formula is C17H23N2O6P. The topological polar surface area (TPSA) is 102 Å². The second-order valence-electron chi connectivity index (χ2n) is 5.91. The van der Waals surface area contributed by atoms with Crippen LogP contribution in [0.1, 0.15) is 46.9 Å². The van der Waals surface area contributed by atoms with Crippen molar-refractivity contribution < 1.29 is 28.0 Å². The Morgan fingerprint density at radius 1 is 1.12 bits per heavy atom. The standard InChI is InChI=1S/C17H23N2O6P/c1-12(26(23,24-2)25-3)18-15(20)10-6-7-11-19-16(21)13-8-4-5-9-14(13)17(19)22/h4-5,8-9,12H,6-7,10-11H2,1-3H3,(H,18,20). The lowest BCUT2D eigenvalue weighted by atomic mass is 10.1. The molecule has 1 N–H and O–H groups in total. The molecule has 0 aromatic heterocycles. The minimum Gasteiger partial charge on any atom is -0.342 e. The summed E-state index contributed by atoms with van der Waals surface area (Å²) in [7, 11) is -0.844. The van der Waals surface area contributed by atoms with Crippen LogP contribution in [0.15, 0.2) is 24.3 Å². The largest absolute Gasteiger partial charge is 0.351 e. The maximum atomic E-state index is 12.2. The summed E-state index contributed by atoms with van der Waals surface area (Å²) in [5.41, 5.74) is 0.831. The summed E-state index contributed by atoms with van der Waals surface area (Å²) in [6.07, 6.45) is 1.16. The maximum absolute atomic E-state index is 12.2. The molecule has 0 fully saturated rings. The Morgan fingerprint density at radius 2 is 1.65 bits per heavy atom. The first-order valence-corrected chi connectivity index (χ1v) is 9.91. The summed E-state index contributed by atoms with van der Waals surface area (Å²) < 4.78 is 21.8. The fourth-order valence-corrected chi connectivity index (χ4v) is 3.86. The van der Waals surface area contributed by atoms with E-state index >= 15 is 0 Å². The zero-order chi connectivity index (χ0) is 19.3. The van der Waals surface area contributed by atoms with Crippen LogP contribution in [0.25, 0.3) is 0 Å². The molecule has 0 spiro atoms. The van der Waals surface area contributed by atoms with Crippen LogP contribution < -0.4 is 5.32 Å². The van der Waals surface area contributed by atoms with Gasteiger partial charge in [0.1, 0.15) is 5.78 Å². The normalized spacial score (nSPS) is 15.1. The Morgan fingerprint density at radius 3 is 2.15 bits per heavy atom. The van der Waals surface area contributed by atoms with E-state index in [1.807, 2.05) is 0 Å². The number of imide groups is 1. The van der Waals surface area contributed by atoms with E-state index in [4.69, 9.17) is 9.05 Å². The number of hydrogen-bond acceptors (Lipinski definition) is 6. The Bertz CT molecular complexity index is 708. The van der Waals surface area contributed by atoms with Crippen molar-refractivity contribution in [2.24, 2.45) is 0 Å². The minimum absolute atomic E-state index is 0.181. The summed E-state index contributed by atoms with van der Waals surface area (Å²) in [4.78, 5) is 37.6. The summed E-state index contributed by atoms with van der Waals surface area (Å²) >= 11 is 0. The number of rotatable bonds is 9. The SMILES string of the molecule is COP(=O)(OC)C(C)NC(=O)CCCCN1C(=O)c2ccccc2C1=O. The van der Waals surface area contributed by atoms with Crippen molar-refractivity contribution in [2.45, 2.75) is 32.0 Å². The molecule has 0 aliphatic carbocycles. The minimum atomic E-state index is -3.36. The Hall–Kier alpha value is -2.02. The lowest BCUT2D eigenvalue weighted by molar-refractivity contribution is -0.121. The molecule has 0 saturated heterocycles. The van der Waals surface area contributed by atoms with E-state index in [0.717, 1.165) is 0 Å². The van der Waals surface area contributed by atoms with Crippen LogP contribution in [0.2, 0.25) is 0 Å². The van der Waals surface area contributed by atoms with E-state index in [-0.39, 0.29) is 30.7 Å². The van der Waals surface area contributed by atoms with Gasteiger partial charge in [0.15, 0.2) is 0 Å². The quantitative estimate of drug-likeness (QED) is 0.400. The second kappa shape index (κ2) is 8.58. The third-order valence-corrected chi connectivity index (χ3v) is 6.36. The molecule has 1 aliphatic heterocycles. The van der Waals surface area contributed by atoms with Crippen LogP contribution in [-0.2, 0) is 18.4 Å². The molecule has 1 aliphatic rings. The van der Waals surface area contributed by atoms with E-state index in [1.54, 1.807) is 31.2 Å². The molecule has 9 heteroatoms. The maximum Gasteiger partial charge on any atom is 0.351 e. The molecular weight excluding hydrogens is 359 g/mol. The number of hydrogen-bond donors (Lipinski definition) is 1. The van der Waals surface area contributed by atoms with Crippen LogP contribution in [0, 0.1) is 0 Å². The molecule has 3 amide bonds. The van der Waals surface area contributed by atoms with Crippen molar-refractivity contribution in [3.63, 3.8) is 0 Å². The highest BCUT2D eigenvalue weighted by Gasteiger charge is 2.34. The zero-order valence-electron chi connectivity index (χ0n) is 15.1. The van der Waals surface area contributed by atoms with Gasteiger partial charge in [-0.25, -0.2) is 0 Å². The predicted molar refractivity (Wildman–Crippen MR) is 94.9 cm³/mol. The van der Waals surface area contributed by atoms with Gasteiger partial charge in [0.25, 0.3) is 11.8 Å². The van der Waals surface area contributed by atoms with Crippen LogP contribution in [0.3, 0.4) is 0 Å². The fourth-order valence-electron chi connectivity index (χ4n) is 2.77. The molecule has 1 atom stereocenters. The van der Waals surface area contributed by atoms with E-state index in [2.05, 4.69) is 5.32 Å². The average Bonchev–Trinajstić information content (AvgIpc) is 2.89. The summed E-state index contributed by atoms with van der Waals surface area (Å²) in [6.45, 7) is 1.80. The number of fused-ring (bicyclic) bond motifs is 1. The number of benzene rings is 1. The van der Waals surface area contributed by atoms with Crippen molar-refractivity contribution in [1.29, 1.82) is 0 Å². The number of nitrogens with zero attached hydrogens (tertiary/aromatic N) is 1. The van der Waals surface area contributed by atoms with Gasteiger partial charge in [-0.2, -0.15) is 0 Å². The average molecular weight is 382 g/mol. The van der Waals surface area contributed by atoms with Gasteiger partial charge < -0.3 is 14.4 Å². The number of amides is 3. The van der Waals surface area contributed by atoms with Gasteiger partial charge in [0, 0.05) is 27.2 Å². The molecule has 142 valence electrons. The Balaban J connectivity index is 1.78.